The predicted molar refractivity (Wildman–Crippen MR) is 133 cm³/mol. The number of amides is 1. The van der Waals surface area contributed by atoms with Crippen LogP contribution in [0, 0.1) is 17.5 Å². The van der Waals surface area contributed by atoms with Crippen molar-refractivity contribution in [2.75, 3.05) is 0 Å². The Morgan fingerprint density at radius 2 is 1.61 bits per heavy atom. The van der Waals surface area contributed by atoms with Gasteiger partial charge in [0.1, 0.15) is 35.4 Å². The highest BCUT2D eigenvalue weighted by atomic mass is 19.3. The highest BCUT2D eigenvalue weighted by Gasteiger charge is 2.26. The molecule has 0 saturated carbocycles. The molecule has 2 heterocycles. The van der Waals surface area contributed by atoms with Crippen LogP contribution >= 0.6 is 0 Å². The summed E-state index contributed by atoms with van der Waals surface area (Å²) < 4.78 is 95.6. The predicted octanol–water partition coefficient (Wildman–Crippen LogP) is 6.32. The van der Waals surface area contributed by atoms with Crippen LogP contribution in [0.5, 0.6) is 0 Å². The summed E-state index contributed by atoms with van der Waals surface area (Å²) in [6.45, 7) is -0.787. The van der Waals surface area contributed by atoms with Crippen molar-refractivity contribution in [3.8, 4) is 11.1 Å². The molecule has 1 amide bonds. The van der Waals surface area contributed by atoms with E-state index in [1.54, 1.807) is 6.07 Å². The van der Waals surface area contributed by atoms with Gasteiger partial charge in [-0.05, 0) is 53.9 Å². The summed E-state index contributed by atoms with van der Waals surface area (Å²) >= 11 is 0. The van der Waals surface area contributed by atoms with E-state index in [1.165, 1.54) is 24.4 Å². The first-order valence-corrected chi connectivity index (χ1v) is 12.1. The average molecular weight is 578 g/mol. The molecule has 0 bridgehead atoms. The molecule has 4 aromatic rings. The minimum Gasteiger partial charge on any atom is -0.366 e. The first-order valence-electron chi connectivity index (χ1n) is 12.1. The minimum atomic E-state index is -3.19. The quantitative estimate of drug-likeness (QED) is 0.211. The van der Waals surface area contributed by atoms with Gasteiger partial charge in [-0.3, -0.25) is 19.3 Å². The molecule has 6 nitrogen and oxygen atoms in total. The highest BCUT2D eigenvalue weighted by Crippen LogP contribution is 2.34. The Hall–Kier alpha value is -4.55. The molecule has 0 spiro atoms. The van der Waals surface area contributed by atoms with Crippen LogP contribution < -0.4 is 5.73 Å². The van der Waals surface area contributed by atoms with Crippen LogP contribution in [0.1, 0.15) is 58.2 Å². The second kappa shape index (κ2) is 12.3. The van der Waals surface area contributed by atoms with Gasteiger partial charge < -0.3 is 5.73 Å². The Balaban J connectivity index is 1.74. The van der Waals surface area contributed by atoms with Crippen LogP contribution in [0.25, 0.3) is 11.1 Å². The maximum atomic E-state index is 14.1. The van der Waals surface area contributed by atoms with E-state index in [4.69, 9.17) is 5.73 Å². The molecule has 0 saturated heterocycles. The molecule has 0 aliphatic heterocycles. The van der Waals surface area contributed by atoms with Crippen molar-refractivity contribution < 1.29 is 40.3 Å². The Bertz CT molecular complexity index is 1570. The summed E-state index contributed by atoms with van der Waals surface area (Å²) in [5.41, 5.74) is 4.02. The number of Topliss-reactive ketones (excluding diaryl/α,β-unsaturated/α-hetero) is 1. The number of carbonyl (C=O) groups is 2. The molecular weight excluding hydrogens is 557 g/mol. The van der Waals surface area contributed by atoms with Gasteiger partial charge in [0.25, 0.3) is 18.8 Å². The van der Waals surface area contributed by atoms with Crippen molar-refractivity contribution in [1.82, 2.24) is 14.8 Å². The van der Waals surface area contributed by atoms with E-state index in [2.05, 4.69) is 10.1 Å². The van der Waals surface area contributed by atoms with Crippen LogP contribution in [-0.2, 0) is 17.8 Å². The van der Waals surface area contributed by atoms with Gasteiger partial charge in [0, 0.05) is 30.2 Å². The number of nitrogens with zero attached hydrogens (tertiary/aromatic N) is 3. The number of halogens is 7. The van der Waals surface area contributed by atoms with Gasteiger partial charge in [0.2, 0.25) is 0 Å². The largest absolute Gasteiger partial charge is 0.366 e. The number of primary amides is 1. The molecule has 2 aromatic carbocycles. The number of ketones is 1. The average Bonchev–Trinajstić information content (AvgIpc) is 3.32. The molecule has 13 heteroatoms. The van der Waals surface area contributed by atoms with Crippen LogP contribution in [0.3, 0.4) is 0 Å². The Morgan fingerprint density at radius 1 is 0.902 bits per heavy atom. The van der Waals surface area contributed by atoms with Crippen LogP contribution in [0.2, 0.25) is 0 Å². The van der Waals surface area contributed by atoms with Crippen molar-refractivity contribution >= 4 is 11.7 Å². The van der Waals surface area contributed by atoms with Gasteiger partial charge in [-0.2, -0.15) is 5.10 Å². The Labute approximate surface area is 228 Å². The molecule has 0 unspecified atom stereocenters. The third-order valence-corrected chi connectivity index (χ3v) is 6.25. The van der Waals surface area contributed by atoms with Crippen LogP contribution in [0.15, 0.2) is 60.8 Å². The number of pyridine rings is 1. The fraction of sp³-hybridized carbons (Fsp3) is 0.214. The van der Waals surface area contributed by atoms with Crippen LogP contribution in [-0.4, -0.2) is 26.5 Å². The monoisotopic (exact) mass is 578 g/mol. The van der Waals surface area contributed by atoms with E-state index in [0.717, 1.165) is 18.2 Å². The van der Waals surface area contributed by atoms with Crippen LogP contribution in [0.4, 0.5) is 30.7 Å². The second-order valence-electron chi connectivity index (χ2n) is 9.17. The highest BCUT2D eigenvalue weighted by molar-refractivity contribution is 5.94. The SMILES string of the molecule is NC(=O)c1cc(-c2cccnc2[C@@H](CC(=O)Cn2nc(C(F)F)cc2C(F)F)Cc2cc(F)cc(F)c2)ccc1F. The lowest BCUT2D eigenvalue weighted by Crippen LogP contribution is -2.19. The summed E-state index contributed by atoms with van der Waals surface area (Å²) in [5, 5.41) is 3.43. The first-order chi connectivity index (χ1) is 19.4. The molecule has 4 rings (SSSR count). The summed E-state index contributed by atoms with van der Waals surface area (Å²) in [5.74, 6) is -5.31. The number of hydrogen-bond donors (Lipinski definition) is 1. The van der Waals surface area contributed by atoms with E-state index in [-0.39, 0.29) is 17.7 Å². The maximum Gasteiger partial charge on any atom is 0.282 e. The summed E-state index contributed by atoms with van der Waals surface area (Å²) in [6.07, 6.45) is -5.54. The lowest BCUT2D eigenvalue weighted by Gasteiger charge is -2.20. The molecule has 0 aliphatic rings. The summed E-state index contributed by atoms with van der Waals surface area (Å²) in [6, 6.07) is 9.88. The maximum absolute atomic E-state index is 14.1. The smallest absolute Gasteiger partial charge is 0.282 e. The number of nitrogens with two attached hydrogens (primary N) is 1. The topological polar surface area (TPSA) is 90.9 Å². The third kappa shape index (κ3) is 6.97. The van der Waals surface area contributed by atoms with Crippen molar-refractivity contribution in [2.24, 2.45) is 5.73 Å². The molecule has 214 valence electrons. The minimum absolute atomic E-state index is 0.140. The van der Waals surface area contributed by atoms with E-state index < -0.39 is 77.8 Å². The van der Waals surface area contributed by atoms with Crippen molar-refractivity contribution in [2.45, 2.75) is 38.2 Å². The number of aromatic nitrogens is 3. The van der Waals surface area contributed by atoms with Crippen molar-refractivity contribution in [3.63, 3.8) is 0 Å². The summed E-state index contributed by atoms with van der Waals surface area (Å²) in [7, 11) is 0. The number of benzene rings is 2. The van der Waals surface area contributed by atoms with E-state index in [1.807, 2.05) is 0 Å². The van der Waals surface area contributed by atoms with E-state index >= 15 is 0 Å². The lowest BCUT2D eigenvalue weighted by molar-refractivity contribution is -0.120. The van der Waals surface area contributed by atoms with Gasteiger partial charge in [0.05, 0.1) is 11.3 Å². The zero-order valence-corrected chi connectivity index (χ0v) is 21.0. The zero-order chi connectivity index (χ0) is 29.8. The zero-order valence-electron chi connectivity index (χ0n) is 21.0. The second-order valence-corrected chi connectivity index (χ2v) is 9.17. The van der Waals surface area contributed by atoms with Gasteiger partial charge in [-0.15, -0.1) is 0 Å². The Kier molecular flexibility index (Phi) is 8.84. The molecular formula is C28H21F7N4O2. The molecule has 0 radical (unpaired) electrons. The number of alkyl halides is 4. The van der Waals surface area contributed by atoms with Gasteiger partial charge in [-0.25, -0.2) is 30.7 Å². The lowest BCUT2D eigenvalue weighted by atomic mass is 9.86. The standard InChI is InChI=1S/C28H21F7N4O2/c29-17-7-14(8-18(30)11-17)6-16(9-19(40)13-39-24(27(34)35)12-23(38-39)26(32)33)25-20(2-1-5-37-25)15-3-4-22(31)21(10-15)28(36)41/h1-5,7-8,10-12,16,26-27H,6,9,13H2,(H2,36,41)/t16-/m1/s1. The third-order valence-electron chi connectivity index (χ3n) is 6.25. The number of carbonyl (C=O) groups excluding carboxylic acids is 2. The van der Waals surface area contributed by atoms with Crippen molar-refractivity contribution in [3.05, 3.63) is 106 Å². The molecule has 0 aliphatic carbocycles. The van der Waals surface area contributed by atoms with Gasteiger partial charge in [-0.1, -0.05) is 12.1 Å². The van der Waals surface area contributed by atoms with Gasteiger partial charge in [0.15, 0.2) is 5.78 Å². The molecule has 2 aromatic heterocycles. The molecule has 41 heavy (non-hydrogen) atoms. The fourth-order valence-electron chi connectivity index (χ4n) is 4.51. The fourth-order valence-corrected chi connectivity index (χ4v) is 4.51. The number of rotatable bonds is 11. The van der Waals surface area contributed by atoms with E-state index in [9.17, 15) is 40.3 Å². The molecule has 1 atom stereocenters. The normalized spacial score (nSPS) is 12.2. The summed E-state index contributed by atoms with van der Waals surface area (Å²) in [4.78, 5) is 29.2. The van der Waals surface area contributed by atoms with E-state index in [0.29, 0.717) is 27.9 Å². The Morgan fingerprint density at radius 3 is 2.24 bits per heavy atom. The van der Waals surface area contributed by atoms with Gasteiger partial charge >= 0.3 is 0 Å². The van der Waals surface area contributed by atoms with Crippen molar-refractivity contribution in [1.29, 1.82) is 0 Å². The molecule has 2 N–H and O–H groups in total. The molecule has 0 fully saturated rings. The first kappa shape index (κ1) is 29.4. The number of hydrogen-bond acceptors (Lipinski definition) is 4.